The van der Waals surface area contributed by atoms with Crippen LogP contribution in [0.2, 0.25) is 0 Å². The summed E-state index contributed by atoms with van der Waals surface area (Å²) in [5.41, 5.74) is 5.19. The first-order valence-electron chi connectivity index (χ1n) is 9.10. The number of fused-ring (bicyclic) bond motifs is 2. The highest BCUT2D eigenvalue weighted by atomic mass is 16.5. The molecular formula is C21H18N6O2. The Balaban J connectivity index is 1.53. The van der Waals surface area contributed by atoms with E-state index in [0.717, 1.165) is 39.2 Å². The molecule has 144 valence electrons. The number of methoxy groups -OCH3 is 1. The van der Waals surface area contributed by atoms with Gasteiger partial charge < -0.3 is 20.1 Å². The van der Waals surface area contributed by atoms with E-state index in [2.05, 4.69) is 25.4 Å². The molecule has 0 unspecified atom stereocenters. The monoisotopic (exact) mass is 386 g/mol. The van der Waals surface area contributed by atoms with E-state index in [4.69, 9.17) is 4.74 Å². The molecule has 3 aromatic heterocycles. The number of H-pyrrole nitrogens is 1. The van der Waals surface area contributed by atoms with Crippen LogP contribution < -0.4 is 10.1 Å². The molecule has 0 aliphatic carbocycles. The minimum Gasteiger partial charge on any atom is -0.496 e. The van der Waals surface area contributed by atoms with Crippen molar-refractivity contribution < 1.29 is 9.84 Å². The van der Waals surface area contributed by atoms with E-state index in [1.54, 1.807) is 13.3 Å². The van der Waals surface area contributed by atoms with Crippen molar-refractivity contribution in [3.05, 3.63) is 66.6 Å². The van der Waals surface area contributed by atoms with Crippen molar-refractivity contribution in [3.63, 3.8) is 0 Å². The van der Waals surface area contributed by atoms with E-state index >= 15 is 0 Å². The molecule has 0 atom stereocenters. The Bertz CT molecular complexity index is 1320. The Morgan fingerprint density at radius 3 is 2.90 bits per heavy atom. The van der Waals surface area contributed by atoms with E-state index < -0.39 is 0 Å². The molecule has 29 heavy (non-hydrogen) atoms. The number of para-hydroxylation sites is 1. The van der Waals surface area contributed by atoms with E-state index in [1.165, 1.54) is 0 Å². The predicted octanol–water partition coefficient (Wildman–Crippen LogP) is 3.52. The number of nitrogens with one attached hydrogen (secondary N) is 2. The third-order valence-corrected chi connectivity index (χ3v) is 4.72. The molecule has 3 N–H and O–H groups in total. The number of aromatic nitrogens is 5. The third kappa shape index (κ3) is 3.05. The number of ether oxygens (including phenoxy) is 1. The van der Waals surface area contributed by atoms with E-state index in [0.29, 0.717) is 11.8 Å². The largest absolute Gasteiger partial charge is 0.496 e. The molecule has 0 amide bonds. The van der Waals surface area contributed by atoms with Crippen LogP contribution in [0.4, 0.5) is 11.6 Å². The number of imidazole rings is 1. The van der Waals surface area contributed by atoms with Crippen molar-refractivity contribution >= 4 is 28.2 Å². The molecule has 0 saturated heterocycles. The van der Waals surface area contributed by atoms with Gasteiger partial charge in [-0.3, -0.25) is 0 Å². The van der Waals surface area contributed by atoms with Crippen LogP contribution in [-0.2, 0) is 6.61 Å². The number of hydrogen-bond donors (Lipinski definition) is 3. The zero-order valence-electron chi connectivity index (χ0n) is 15.6. The van der Waals surface area contributed by atoms with Gasteiger partial charge >= 0.3 is 0 Å². The van der Waals surface area contributed by atoms with Gasteiger partial charge in [0.25, 0.3) is 0 Å². The highest BCUT2D eigenvalue weighted by molar-refractivity contribution is 5.80. The SMILES string of the molecule is COc1ccccc1-c1ccc2cnc(Nc3ccc4nc(CO)[nH]c4c3)nn12. The van der Waals surface area contributed by atoms with E-state index in [-0.39, 0.29) is 6.61 Å². The highest BCUT2D eigenvalue weighted by Crippen LogP contribution is 2.30. The molecule has 5 rings (SSSR count). The lowest BCUT2D eigenvalue weighted by Crippen LogP contribution is -2.03. The maximum Gasteiger partial charge on any atom is 0.245 e. The molecule has 0 saturated carbocycles. The topological polar surface area (TPSA) is 100 Å². The molecule has 8 heteroatoms. The first-order valence-corrected chi connectivity index (χ1v) is 9.10. The minimum absolute atomic E-state index is 0.128. The summed E-state index contributed by atoms with van der Waals surface area (Å²) in [5.74, 6) is 1.78. The lowest BCUT2D eigenvalue weighted by atomic mass is 10.1. The first kappa shape index (κ1) is 17.2. The average molecular weight is 386 g/mol. The van der Waals surface area contributed by atoms with Crippen LogP contribution in [0.3, 0.4) is 0 Å². The Morgan fingerprint density at radius 2 is 2.03 bits per heavy atom. The van der Waals surface area contributed by atoms with Gasteiger partial charge in [0.1, 0.15) is 18.2 Å². The summed E-state index contributed by atoms with van der Waals surface area (Å²) < 4.78 is 7.34. The van der Waals surface area contributed by atoms with E-state index in [9.17, 15) is 5.11 Å². The summed E-state index contributed by atoms with van der Waals surface area (Å²) >= 11 is 0. The van der Waals surface area contributed by atoms with Crippen LogP contribution >= 0.6 is 0 Å². The van der Waals surface area contributed by atoms with Crippen molar-refractivity contribution in [2.24, 2.45) is 0 Å². The fourth-order valence-electron chi connectivity index (χ4n) is 3.36. The number of aliphatic hydroxyl groups excluding tert-OH is 1. The number of aliphatic hydroxyl groups is 1. The quantitative estimate of drug-likeness (QED) is 0.427. The Kier molecular flexibility index (Phi) is 4.10. The van der Waals surface area contributed by atoms with Crippen molar-refractivity contribution in [1.82, 2.24) is 24.6 Å². The molecule has 0 fully saturated rings. The van der Waals surface area contributed by atoms with Crippen LogP contribution in [0.15, 0.2) is 60.8 Å². The number of benzene rings is 2. The van der Waals surface area contributed by atoms with Crippen LogP contribution in [0.5, 0.6) is 5.75 Å². The van der Waals surface area contributed by atoms with Gasteiger partial charge in [-0.25, -0.2) is 14.5 Å². The van der Waals surface area contributed by atoms with Gasteiger partial charge in [-0.05, 0) is 42.5 Å². The zero-order chi connectivity index (χ0) is 19.8. The number of anilines is 2. The van der Waals surface area contributed by atoms with Crippen LogP contribution in [0, 0.1) is 0 Å². The molecular weight excluding hydrogens is 368 g/mol. The Labute approximate surface area is 165 Å². The lowest BCUT2D eigenvalue weighted by molar-refractivity contribution is 0.273. The first-order chi connectivity index (χ1) is 14.2. The Morgan fingerprint density at radius 1 is 1.14 bits per heavy atom. The molecule has 2 aromatic carbocycles. The van der Waals surface area contributed by atoms with E-state index in [1.807, 2.05) is 59.1 Å². The van der Waals surface area contributed by atoms with Crippen molar-refractivity contribution in [1.29, 1.82) is 0 Å². The molecule has 0 aliphatic heterocycles. The summed E-state index contributed by atoms with van der Waals surface area (Å²) in [6.07, 6.45) is 1.77. The fourth-order valence-corrected chi connectivity index (χ4v) is 3.36. The summed E-state index contributed by atoms with van der Waals surface area (Å²) in [5, 5.41) is 17.1. The van der Waals surface area contributed by atoms with Crippen LogP contribution in [0.1, 0.15) is 5.82 Å². The van der Waals surface area contributed by atoms with Gasteiger partial charge in [-0.2, -0.15) is 0 Å². The predicted molar refractivity (Wildman–Crippen MR) is 110 cm³/mol. The number of hydrogen-bond acceptors (Lipinski definition) is 6. The molecule has 3 heterocycles. The maximum absolute atomic E-state index is 9.24. The summed E-state index contributed by atoms with van der Waals surface area (Å²) in [4.78, 5) is 11.8. The number of aromatic amines is 1. The highest BCUT2D eigenvalue weighted by Gasteiger charge is 2.12. The fraction of sp³-hybridized carbons (Fsp3) is 0.0952. The Hall–Kier alpha value is -3.91. The number of rotatable bonds is 5. The average Bonchev–Trinajstić information content (AvgIpc) is 3.36. The molecule has 0 spiro atoms. The van der Waals surface area contributed by atoms with Crippen LogP contribution in [0.25, 0.3) is 27.8 Å². The second-order valence-corrected chi connectivity index (χ2v) is 6.54. The smallest absolute Gasteiger partial charge is 0.245 e. The van der Waals surface area contributed by atoms with Crippen molar-refractivity contribution in [3.8, 4) is 17.0 Å². The van der Waals surface area contributed by atoms with Gasteiger partial charge in [-0.1, -0.05) is 12.1 Å². The van der Waals surface area contributed by atoms with Gasteiger partial charge in [0, 0.05) is 11.3 Å². The van der Waals surface area contributed by atoms with Gasteiger partial charge in [-0.15, -0.1) is 5.10 Å². The zero-order valence-corrected chi connectivity index (χ0v) is 15.6. The summed E-state index contributed by atoms with van der Waals surface area (Å²) in [6.45, 7) is -0.128. The molecule has 8 nitrogen and oxygen atoms in total. The second kappa shape index (κ2) is 6.92. The normalized spacial score (nSPS) is 11.2. The van der Waals surface area contributed by atoms with Gasteiger partial charge in [0.2, 0.25) is 5.95 Å². The molecule has 0 aliphatic rings. The second-order valence-electron chi connectivity index (χ2n) is 6.54. The van der Waals surface area contributed by atoms with Gasteiger partial charge in [0.05, 0.1) is 35.6 Å². The van der Waals surface area contributed by atoms with Crippen molar-refractivity contribution in [2.45, 2.75) is 6.61 Å². The standard InChI is InChI=1S/C21H18N6O2/c1-29-19-5-3-2-4-15(19)18-9-7-14-11-22-21(26-27(14)18)23-13-6-8-16-17(10-13)25-20(12-28)24-16/h2-11,28H,12H2,1H3,(H,23,26)(H,24,25). The van der Waals surface area contributed by atoms with Gasteiger partial charge in [0.15, 0.2) is 0 Å². The molecule has 0 bridgehead atoms. The minimum atomic E-state index is -0.128. The van der Waals surface area contributed by atoms with Crippen molar-refractivity contribution in [2.75, 3.05) is 12.4 Å². The third-order valence-electron chi connectivity index (χ3n) is 4.72. The summed E-state index contributed by atoms with van der Waals surface area (Å²) in [7, 11) is 1.66. The number of nitrogens with zero attached hydrogens (tertiary/aromatic N) is 4. The lowest BCUT2D eigenvalue weighted by Gasteiger charge is -2.09. The molecule has 5 aromatic rings. The maximum atomic E-state index is 9.24. The summed E-state index contributed by atoms with van der Waals surface area (Å²) in [6, 6.07) is 17.5. The van der Waals surface area contributed by atoms with Crippen LogP contribution in [-0.4, -0.2) is 36.8 Å². The molecule has 0 radical (unpaired) electrons.